The van der Waals surface area contributed by atoms with Gasteiger partial charge in [0.15, 0.2) is 6.04 Å². The lowest BCUT2D eigenvalue weighted by atomic mass is 10.0. The Morgan fingerprint density at radius 2 is 1.36 bits per heavy atom. The topological polar surface area (TPSA) is 64.6 Å². The number of amides is 1. The van der Waals surface area contributed by atoms with Gasteiger partial charge < -0.3 is 43.3 Å². The van der Waals surface area contributed by atoms with E-state index in [4.69, 9.17) is 32.7 Å². The van der Waals surface area contributed by atoms with Crippen LogP contribution in [0.1, 0.15) is 54.4 Å². The van der Waals surface area contributed by atoms with Crippen LogP contribution >= 0.6 is 23.2 Å². The van der Waals surface area contributed by atoms with E-state index in [9.17, 15) is 9.59 Å². The molecule has 0 radical (unpaired) electrons. The van der Waals surface area contributed by atoms with Crippen LogP contribution in [0, 0.1) is 0 Å². The lowest BCUT2D eigenvalue weighted by Gasteiger charge is -2.33. The standard InChI is InChI=1S/C33H40Cl2N2O4.HI/c1-37(2,3)31(21-25-13-9-8-10-14-25)32(38)36-19-11-6-4-5-7-12-20-40-29-15-17-30(18-16-29)41-33(39)26-22-27(34)24-28(35)23-26;/h8-10,13-18,22-24,31H,4-7,11-12,19-21H2,1-3H3;1H. The number of unbranched alkanes of at least 4 members (excludes halogenated alkanes) is 5. The third-order valence-corrected chi connectivity index (χ3v) is 7.22. The predicted octanol–water partition coefficient (Wildman–Crippen LogP) is 4.37. The second-order valence-corrected chi connectivity index (χ2v) is 12.0. The van der Waals surface area contributed by atoms with Gasteiger partial charge in [0.1, 0.15) is 11.5 Å². The molecule has 228 valence electrons. The van der Waals surface area contributed by atoms with Gasteiger partial charge in [0.05, 0.1) is 33.3 Å². The number of benzene rings is 3. The number of hydrogen-bond acceptors (Lipinski definition) is 4. The summed E-state index contributed by atoms with van der Waals surface area (Å²) in [6.07, 6.45) is 7.13. The van der Waals surface area contributed by atoms with E-state index >= 15 is 0 Å². The number of halogens is 3. The van der Waals surface area contributed by atoms with Crippen LogP contribution < -0.4 is 38.8 Å². The highest BCUT2D eigenvalue weighted by Gasteiger charge is 2.31. The summed E-state index contributed by atoms with van der Waals surface area (Å²) >= 11 is 11.9. The van der Waals surface area contributed by atoms with Gasteiger partial charge in [-0.1, -0.05) is 79.2 Å². The Morgan fingerprint density at radius 1 is 0.786 bits per heavy atom. The average molecular weight is 728 g/mol. The Bertz CT molecular complexity index is 1230. The summed E-state index contributed by atoms with van der Waals surface area (Å²) in [4.78, 5) is 25.2. The summed E-state index contributed by atoms with van der Waals surface area (Å²) in [5.41, 5.74) is 1.48. The van der Waals surface area contributed by atoms with E-state index in [0.29, 0.717) is 39.0 Å². The largest absolute Gasteiger partial charge is 1.00 e. The summed E-state index contributed by atoms with van der Waals surface area (Å²) in [5, 5.41) is 3.90. The Hall–Kier alpha value is -2.33. The molecule has 42 heavy (non-hydrogen) atoms. The number of hydrogen-bond donors (Lipinski definition) is 1. The van der Waals surface area contributed by atoms with Gasteiger partial charge in [-0.15, -0.1) is 0 Å². The molecule has 0 saturated heterocycles. The number of quaternary nitrogens is 1. The molecule has 3 aromatic carbocycles. The summed E-state index contributed by atoms with van der Waals surface area (Å²) < 4.78 is 11.8. The molecular weight excluding hydrogens is 686 g/mol. The van der Waals surface area contributed by atoms with Gasteiger partial charge in [-0.05, 0) is 60.9 Å². The van der Waals surface area contributed by atoms with Crippen molar-refractivity contribution >= 4 is 35.1 Å². The number of nitrogens with zero attached hydrogens (tertiary/aromatic N) is 1. The van der Waals surface area contributed by atoms with Gasteiger partial charge in [-0.25, -0.2) is 4.79 Å². The van der Waals surface area contributed by atoms with Crippen molar-refractivity contribution in [1.29, 1.82) is 0 Å². The number of nitrogens with one attached hydrogen (secondary N) is 1. The molecule has 0 fully saturated rings. The summed E-state index contributed by atoms with van der Waals surface area (Å²) in [7, 11) is 6.22. The van der Waals surface area contributed by atoms with E-state index in [0.717, 1.165) is 50.7 Å². The normalized spacial score (nSPS) is 11.7. The van der Waals surface area contributed by atoms with E-state index in [2.05, 4.69) is 38.6 Å². The minimum Gasteiger partial charge on any atom is -1.00 e. The van der Waals surface area contributed by atoms with Gasteiger partial charge in [-0.3, -0.25) is 4.79 Å². The number of rotatable bonds is 16. The maximum Gasteiger partial charge on any atom is 0.343 e. The van der Waals surface area contributed by atoms with Crippen molar-refractivity contribution in [3.05, 3.63) is 94.0 Å². The molecule has 0 aromatic heterocycles. The van der Waals surface area contributed by atoms with Crippen molar-refractivity contribution in [1.82, 2.24) is 5.32 Å². The van der Waals surface area contributed by atoms with Crippen molar-refractivity contribution < 1.29 is 47.5 Å². The van der Waals surface area contributed by atoms with Crippen LogP contribution in [0.15, 0.2) is 72.8 Å². The summed E-state index contributed by atoms with van der Waals surface area (Å²) in [6, 6.07) is 21.6. The second-order valence-electron chi connectivity index (χ2n) is 11.1. The van der Waals surface area contributed by atoms with Crippen molar-refractivity contribution in [2.24, 2.45) is 0 Å². The number of carbonyl (C=O) groups excluding carboxylic acids is 2. The van der Waals surface area contributed by atoms with Gasteiger partial charge in [0.2, 0.25) is 0 Å². The molecular formula is C33H41Cl2IN2O4. The fourth-order valence-electron chi connectivity index (χ4n) is 4.45. The third kappa shape index (κ3) is 12.9. The maximum absolute atomic E-state index is 12.9. The van der Waals surface area contributed by atoms with E-state index in [1.807, 2.05) is 18.2 Å². The molecule has 0 saturated carbocycles. The molecule has 3 rings (SSSR count). The highest BCUT2D eigenvalue weighted by Crippen LogP contribution is 2.22. The van der Waals surface area contributed by atoms with Gasteiger partial charge >= 0.3 is 5.97 Å². The lowest BCUT2D eigenvalue weighted by molar-refractivity contribution is -0.886. The van der Waals surface area contributed by atoms with Crippen LogP contribution in [0.4, 0.5) is 0 Å². The Labute approximate surface area is 277 Å². The zero-order valence-electron chi connectivity index (χ0n) is 24.6. The highest BCUT2D eigenvalue weighted by atomic mass is 127. The van der Waals surface area contributed by atoms with E-state index in [1.54, 1.807) is 30.3 Å². The van der Waals surface area contributed by atoms with Crippen molar-refractivity contribution in [2.45, 2.75) is 51.0 Å². The fraction of sp³-hybridized carbons (Fsp3) is 0.394. The number of ether oxygens (including phenoxy) is 2. The molecule has 1 N–H and O–H groups in total. The Balaban J connectivity index is 0.00000616. The molecule has 0 bridgehead atoms. The predicted molar refractivity (Wildman–Crippen MR) is 166 cm³/mol. The fourth-order valence-corrected chi connectivity index (χ4v) is 4.98. The molecule has 0 aliphatic rings. The highest BCUT2D eigenvalue weighted by molar-refractivity contribution is 6.35. The monoisotopic (exact) mass is 726 g/mol. The van der Waals surface area contributed by atoms with Crippen LogP contribution in [-0.4, -0.2) is 56.7 Å². The van der Waals surface area contributed by atoms with Gasteiger partial charge in [0.25, 0.3) is 5.91 Å². The van der Waals surface area contributed by atoms with Crippen molar-refractivity contribution in [3.8, 4) is 11.5 Å². The van der Waals surface area contributed by atoms with Gasteiger partial charge in [-0.2, -0.15) is 0 Å². The van der Waals surface area contributed by atoms with Crippen LogP contribution in [0.3, 0.4) is 0 Å². The first-order chi connectivity index (χ1) is 19.6. The first kappa shape index (κ1) is 35.9. The van der Waals surface area contributed by atoms with Crippen LogP contribution in [0.2, 0.25) is 10.0 Å². The van der Waals surface area contributed by atoms with Crippen LogP contribution in [0.5, 0.6) is 11.5 Å². The Kier molecular flexibility index (Phi) is 15.7. The lowest BCUT2D eigenvalue weighted by Crippen LogP contribution is -3.00. The molecule has 9 heteroatoms. The smallest absolute Gasteiger partial charge is 0.343 e. The minimum atomic E-state index is -0.526. The van der Waals surface area contributed by atoms with Crippen LogP contribution in [-0.2, 0) is 11.2 Å². The number of esters is 1. The molecule has 0 spiro atoms. The quantitative estimate of drug-likeness (QED) is 0.0784. The van der Waals surface area contributed by atoms with E-state index < -0.39 is 5.97 Å². The van der Waals surface area contributed by atoms with Crippen molar-refractivity contribution in [3.63, 3.8) is 0 Å². The SMILES string of the molecule is C[N+](C)(C)C(Cc1ccccc1)C(=O)NCCCCCCCCOc1ccc(OC(=O)c2cc(Cl)cc(Cl)c2)cc1.[I-]. The molecule has 0 heterocycles. The number of carbonyl (C=O) groups is 2. The molecule has 0 aliphatic carbocycles. The molecule has 0 aliphatic heterocycles. The average Bonchev–Trinajstić information content (AvgIpc) is 2.93. The molecule has 1 amide bonds. The van der Waals surface area contributed by atoms with Crippen molar-refractivity contribution in [2.75, 3.05) is 34.3 Å². The zero-order chi connectivity index (χ0) is 29.7. The molecule has 6 nitrogen and oxygen atoms in total. The summed E-state index contributed by atoms with van der Waals surface area (Å²) in [5.74, 6) is 0.738. The van der Waals surface area contributed by atoms with E-state index in [-0.39, 0.29) is 35.9 Å². The summed E-state index contributed by atoms with van der Waals surface area (Å²) in [6.45, 7) is 1.34. The molecule has 1 atom stereocenters. The minimum absolute atomic E-state index is 0. The van der Waals surface area contributed by atoms with Crippen LogP contribution in [0.25, 0.3) is 0 Å². The Morgan fingerprint density at radius 3 is 1.98 bits per heavy atom. The number of likely N-dealkylation sites (N-methyl/N-ethyl adjacent to an activating group) is 1. The second kappa shape index (κ2) is 18.4. The zero-order valence-corrected chi connectivity index (χ0v) is 28.3. The molecule has 1 unspecified atom stereocenters. The first-order valence-corrected chi connectivity index (χ1v) is 14.9. The maximum atomic E-state index is 12.9. The van der Waals surface area contributed by atoms with Gasteiger partial charge in [0, 0.05) is 23.0 Å². The molecule has 3 aromatic rings. The third-order valence-electron chi connectivity index (χ3n) is 6.78. The first-order valence-electron chi connectivity index (χ1n) is 14.2. The van der Waals surface area contributed by atoms with E-state index in [1.165, 1.54) is 17.7 Å².